The van der Waals surface area contributed by atoms with E-state index in [0.717, 1.165) is 12.8 Å². The van der Waals surface area contributed by atoms with Gasteiger partial charge >= 0.3 is 5.97 Å². The topological polar surface area (TPSA) is 55.8 Å². The lowest BCUT2D eigenvalue weighted by Gasteiger charge is -2.25. The van der Waals surface area contributed by atoms with Gasteiger partial charge in [-0.2, -0.15) is 0 Å². The Morgan fingerprint density at radius 1 is 1.39 bits per heavy atom. The summed E-state index contributed by atoms with van der Waals surface area (Å²) in [5, 5.41) is 0.539. The minimum absolute atomic E-state index is 0.0189. The quantitative estimate of drug-likeness (QED) is 0.732. The van der Waals surface area contributed by atoms with Crippen LogP contribution in [0.25, 0.3) is 0 Å². The Morgan fingerprint density at radius 2 is 2.17 bits per heavy atom. The maximum atomic E-state index is 12.8. The third-order valence-corrected chi connectivity index (χ3v) is 4.55. The number of hydrogen-bond donors (Lipinski definition) is 0. The van der Waals surface area contributed by atoms with Gasteiger partial charge in [-0.05, 0) is 25.0 Å². The molecule has 0 spiro atoms. The molecule has 1 atom stereocenters. The van der Waals surface area contributed by atoms with Crippen LogP contribution < -0.4 is 0 Å². The van der Waals surface area contributed by atoms with Gasteiger partial charge in [0, 0.05) is 19.7 Å². The van der Waals surface area contributed by atoms with Crippen LogP contribution in [0.1, 0.15) is 29.6 Å². The summed E-state index contributed by atoms with van der Waals surface area (Å²) in [4.78, 5) is 25.8. The number of esters is 1. The number of halogens is 2. The molecule has 1 aliphatic heterocycles. The fourth-order valence-corrected chi connectivity index (χ4v) is 2.86. The Morgan fingerprint density at radius 3 is 2.83 bits per heavy atom. The van der Waals surface area contributed by atoms with Crippen LogP contribution in [0.3, 0.4) is 0 Å². The molecule has 0 aromatic heterocycles. The maximum Gasteiger partial charge on any atom is 0.307 e. The molecule has 7 heteroatoms. The molecular formula is C16H19Cl2NO4. The maximum absolute atomic E-state index is 12.8. The Bertz CT molecular complexity index is 573. The summed E-state index contributed by atoms with van der Waals surface area (Å²) in [5.41, 5.74) is 0.321. The monoisotopic (exact) mass is 359 g/mol. The zero-order chi connectivity index (χ0) is 16.8. The van der Waals surface area contributed by atoms with Crippen molar-refractivity contribution in [3.05, 3.63) is 33.8 Å². The lowest BCUT2D eigenvalue weighted by molar-refractivity contribution is -0.140. The van der Waals surface area contributed by atoms with Crippen molar-refractivity contribution in [1.82, 2.24) is 4.90 Å². The molecule has 1 aromatic carbocycles. The summed E-state index contributed by atoms with van der Waals surface area (Å²) in [6.45, 7) is 1.36. The van der Waals surface area contributed by atoms with Crippen LogP contribution in [-0.2, 0) is 14.3 Å². The largest absolute Gasteiger partial charge is 0.469 e. The summed E-state index contributed by atoms with van der Waals surface area (Å²) in [7, 11) is 1.32. The molecule has 1 saturated heterocycles. The number of amides is 1. The molecule has 1 heterocycles. The van der Waals surface area contributed by atoms with Gasteiger partial charge < -0.3 is 14.4 Å². The van der Waals surface area contributed by atoms with E-state index in [4.69, 9.17) is 27.9 Å². The Balaban J connectivity index is 2.14. The van der Waals surface area contributed by atoms with Crippen LogP contribution in [0, 0.1) is 0 Å². The lowest BCUT2D eigenvalue weighted by Crippen LogP contribution is -2.39. The highest BCUT2D eigenvalue weighted by Gasteiger charge is 2.25. The molecule has 0 N–H and O–H groups in total. The number of ether oxygens (including phenoxy) is 2. The van der Waals surface area contributed by atoms with Crippen molar-refractivity contribution in [1.29, 1.82) is 0 Å². The number of hydrogen-bond acceptors (Lipinski definition) is 4. The molecule has 1 fully saturated rings. The van der Waals surface area contributed by atoms with Gasteiger partial charge in [0.05, 0.1) is 35.2 Å². The number of carbonyl (C=O) groups is 2. The highest BCUT2D eigenvalue weighted by molar-refractivity contribution is 6.43. The van der Waals surface area contributed by atoms with Crippen LogP contribution in [0.15, 0.2) is 18.2 Å². The predicted octanol–water partition coefficient (Wildman–Crippen LogP) is 3.18. The first-order valence-corrected chi connectivity index (χ1v) is 8.20. The fraction of sp³-hybridized carbons (Fsp3) is 0.500. The van der Waals surface area contributed by atoms with Crippen molar-refractivity contribution in [2.75, 3.05) is 26.8 Å². The van der Waals surface area contributed by atoms with Gasteiger partial charge in [-0.1, -0.05) is 29.3 Å². The average Bonchev–Trinajstić information content (AvgIpc) is 3.06. The molecule has 1 unspecified atom stereocenters. The van der Waals surface area contributed by atoms with E-state index in [9.17, 15) is 9.59 Å². The molecular weight excluding hydrogens is 341 g/mol. The van der Waals surface area contributed by atoms with E-state index in [1.807, 2.05) is 0 Å². The zero-order valence-corrected chi connectivity index (χ0v) is 14.4. The summed E-state index contributed by atoms with van der Waals surface area (Å²) in [5.74, 6) is -0.635. The summed E-state index contributed by atoms with van der Waals surface area (Å²) < 4.78 is 10.2. The fourth-order valence-electron chi connectivity index (χ4n) is 2.48. The van der Waals surface area contributed by atoms with E-state index in [0.29, 0.717) is 23.7 Å². The van der Waals surface area contributed by atoms with Gasteiger partial charge in [0.2, 0.25) is 0 Å². The Labute approximate surface area is 145 Å². The average molecular weight is 360 g/mol. The summed E-state index contributed by atoms with van der Waals surface area (Å²) in [6.07, 6.45) is 1.97. The highest BCUT2D eigenvalue weighted by atomic mass is 35.5. The van der Waals surface area contributed by atoms with Gasteiger partial charge in [-0.25, -0.2) is 0 Å². The smallest absolute Gasteiger partial charge is 0.307 e. The minimum atomic E-state index is -0.368. The highest BCUT2D eigenvalue weighted by Crippen LogP contribution is 2.27. The first kappa shape index (κ1) is 18.0. The second kappa shape index (κ2) is 8.52. The van der Waals surface area contributed by atoms with Gasteiger partial charge in [-0.15, -0.1) is 0 Å². The van der Waals surface area contributed by atoms with Crippen molar-refractivity contribution in [3.63, 3.8) is 0 Å². The van der Waals surface area contributed by atoms with E-state index in [-0.39, 0.29) is 36.0 Å². The molecule has 0 bridgehead atoms. The summed E-state index contributed by atoms with van der Waals surface area (Å²) >= 11 is 12.1. The van der Waals surface area contributed by atoms with Gasteiger partial charge in [-0.3, -0.25) is 9.59 Å². The first-order chi connectivity index (χ1) is 11.0. The van der Waals surface area contributed by atoms with Crippen molar-refractivity contribution in [3.8, 4) is 0 Å². The lowest BCUT2D eigenvalue weighted by atomic mass is 10.1. The van der Waals surface area contributed by atoms with Gasteiger partial charge in [0.25, 0.3) is 5.91 Å². The van der Waals surface area contributed by atoms with E-state index in [2.05, 4.69) is 4.74 Å². The molecule has 0 radical (unpaired) electrons. The molecule has 1 aromatic rings. The summed E-state index contributed by atoms with van der Waals surface area (Å²) in [6, 6.07) is 4.92. The first-order valence-electron chi connectivity index (χ1n) is 7.44. The van der Waals surface area contributed by atoms with Crippen LogP contribution in [0.5, 0.6) is 0 Å². The number of nitrogens with zero attached hydrogens (tertiary/aromatic N) is 1. The van der Waals surface area contributed by atoms with Crippen molar-refractivity contribution >= 4 is 35.1 Å². The second-order valence-corrected chi connectivity index (χ2v) is 6.10. The normalized spacial score (nSPS) is 17.1. The van der Waals surface area contributed by atoms with E-state index in [1.165, 1.54) is 7.11 Å². The third-order valence-electron chi connectivity index (χ3n) is 3.73. The van der Waals surface area contributed by atoms with Gasteiger partial charge in [0.1, 0.15) is 0 Å². The molecule has 126 valence electrons. The molecule has 1 aliphatic rings. The third kappa shape index (κ3) is 4.83. The van der Waals surface area contributed by atoms with Crippen LogP contribution in [-0.4, -0.2) is 49.7 Å². The van der Waals surface area contributed by atoms with Crippen LogP contribution in [0.4, 0.5) is 0 Å². The van der Waals surface area contributed by atoms with E-state index >= 15 is 0 Å². The number of benzene rings is 1. The standard InChI is InChI=1S/C16H19Cl2NO4/c1-22-14(20)7-8-19(10-11-4-3-9-23-11)16(21)12-5-2-6-13(17)15(12)18/h2,5-6,11H,3-4,7-10H2,1H3. The molecule has 5 nitrogen and oxygen atoms in total. The van der Waals surface area contributed by atoms with Crippen molar-refractivity contribution in [2.45, 2.75) is 25.4 Å². The molecule has 0 saturated carbocycles. The number of carbonyl (C=O) groups excluding carboxylic acids is 2. The molecule has 1 amide bonds. The van der Waals surface area contributed by atoms with Crippen LogP contribution in [0.2, 0.25) is 10.0 Å². The van der Waals surface area contributed by atoms with Crippen LogP contribution >= 0.6 is 23.2 Å². The van der Waals surface area contributed by atoms with Crippen molar-refractivity contribution in [2.24, 2.45) is 0 Å². The predicted molar refractivity (Wildman–Crippen MR) is 88.0 cm³/mol. The van der Waals surface area contributed by atoms with Gasteiger partial charge in [0.15, 0.2) is 0 Å². The Hall–Kier alpha value is -1.30. The van der Waals surface area contributed by atoms with E-state index in [1.54, 1.807) is 23.1 Å². The number of rotatable bonds is 6. The molecule has 23 heavy (non-hydrogen) atoms. The SMILES string of the molecule is COC(=O)CCN(CC1CCCO1)C(=O)c1cccc(Cl)c1Cl. The Kier molecular flexibility index (Phi) is 6.69. The number of methoxy groups -OCH3 is 1. The zero-order valence-electron chi connectivity index (χ0n) is 12.9. The van der Waals surface area contributed by atoms with Crippen molar-refractivity contribution < 1.29 is 19.1 Å². The molecule has 0 aliphatic carbocycles. The van der Waals surface area contributed by atoms with E-state index < -0.39 is 0 Å². The minimum Gasteiger partial charge on any atom is -0.469 e. The second-order valence-electron chi connectivity index (χ2n) is 5.31. The molecule has 2 rings (SSSR count).